The third-order valence-corrected chi connectivity index (χ3v) is 3.34. The summed E-state index contributed by atoms with van der Waals surface area (Å²) in [5, 5.41) is 2.89. The standard InChI is InChI=1S/C14H20N4O2/c1-3-4-10(15)13(19)16-8(2)9-5-6-11-12(7-9)18-14(20)17-11/h5-8,10H,3-4,15H2,1-2H3,(H,16,19)(H2,17,18,20). The van der Waals surface area contributed by atoms with E-state index in [4.69, 9.17) is 5.73 Å². The van der Waals surface area contributed by atoms with E-state index in [1.165, 1.54) is 0 Å². The zero-order valence-electron chi connectivity index (χ0n) is 11.7. The van der Waals surface area contributed by atoms with Gasteiger partial charge in [-0.3, -0.25) is 4.79 Å². The van der Waals surface area contributed by atoms with Crippen molar-refractivity contribution in [2.45, 2.75) is 38.8 Å². The second-order valence-corrected chi connectivity index (χ2v) is 5.01. The van der Waals surface area contributed by atoms with Crippen molar-refractivity contribution in [1.29, 1.82) is 0 Å². The Morgan fingerprint density at radius 2 is 2.05 bits per heavy atom. The van der Waals surface area contributed by atoms with Crippen molar-refractivity contribution in [1.82, 2.24) is 15.3 Å². The van der Waals surface area contributed by atoms with Crippen LogP contribution in [0.2, 0.25) is 0 Å². The van der Waals surface area contributed by atoms with Crippen LogP contribution < -0.4 is 16.7 Å². The highest BCUT2D eigenvalue weighted by molar-refractivity contribution is 5.82. The maximum absolute atomic E-state index is 11.9. The third-order valence-electron chi connectivity index (χ3n) is 3.34. The first-order chi connectivity index (χ1) is 9.51. The topological polar surface area (TPSA) is 104 Å². The minimum absolute atomic E-state index is 0.151. The summed E-state index contributed by atoms with van der Waals surface area (Å²) in [4.78, 5) is 28.5. The Balaban J connectivity index is 2.12. The maximum Gasteiger partial charge on any atom is 0.323 e. The fraction of sp³-hybridized carbons (Fsp3) is 0.429. The van der Waals surface area contributed by atoms with Gasteiger partial charge in [0.25, 0.3) is 0 Å². The number of carbonyl (C=O) groups is 1. The van der Waals surface area contributed by atoms with E-state index in [2.05, 4.69) is 15.3 Å². The number of carbonyl (C=O) groups excluding carboxylic acids is 1. The average Bonchev–Trinajstić information content (AvgIpc) is 2.77. The molecule has 0 bridgehead atoms. The van der Waals surface area contributed by atoms with Gasteiger partial charge in [-0.25, -0.2) is 4.79 Å². The summed E-state index contributed by atoms with van der Waals surface area (Å²) in [6.45, 7) is 3.88. The molecule has 5 N–H and O–H groups in total. The molecule has 1 aromatic carbocycles. The smallest absolute Gasteiger partial charge is 0.323 e. The van der Waals surface area contributed by atoms with Crippen molar-refractivity contribution < 1.29 is 4.79 Å². The van der Waals surface area contributed by atoms with Crippen LogP contribution in [0.1, 0.15) is 38.3 Å². The van der Waals surface area contributed by atoms with E-state index < -0.39 is 6.04 Å². The van der Waals surface area contributed by atoms with Crippen LogP contribution in [0.3, 0.4) is 0 Å². The average molecular weight is 276 g/mol. The van der Waals surface area contributed by atoms with Crippen LogP contribution >= 0.6 is 0 Å². The lowest BCUT2D eigenvalue weighted by molar-refractivity contribution is -0.123. The van der Waals surface area contributed by atoms with E-state index in [-0.39, 0.29) is 17.6 Å². The van der Waals surface area contributed by atoms with Crippen molar-refractivity contribution in [2.75, 3.05) is 0 Å². The molecule has 6 nitrogen and oxygen atoms in total. The first-order valence-electron chi connectivity index (χ1n) is 6.79. The van der Waals surface area contributed by atoms with Gasteiger partial charge in [0.2, 0.25) is 5.91 Å². The predicted octanol–water partition coefficient (Wildman–Crippen LogP) is 1.16. The van der Waals surface area contributed by atoms with Crippen LogP contribution in [-0.2, 0) is 4.79 Å². The Kier molecular flexibility index (Phi) is 4.24. The molecule has 0 radical (unpaired) electrons. The number of nitrogens with two attached hydrogens (primary N) is 1. The summed E-state index contributed by atoms with van der Waals surface area (Å²) >= 11 is 0. The maximum atomic E-state index is 11.9. The zero-order valence-corrected chi connectivity index (χ0v) is 11.7. The molecule has 20 heavy (non-hydrogen) atoms. The van der Waals surface area contributed by atoms with Crippen molar-refractivity contribution in [3.8, 4) is 0 Å². The Hall–Kier alpha value is -2.08. The second kappa shape index (κ2) is 5.92. The molecule has 2 rings (SSSR count). The molecule has 108 valence electrons. The number of rotatable bonds is 5. The predicted molar refractivity (Wildman–Crippen MR) is 78.4 cm³/mol. The Labute approximate surface area is 116 Å². The van der Waals surface area contributed by atoms with Crippen molar-refractivity contribution in [3.63, 3.8) is 0 Å². The lowest BCUT2D eigenvalue weighted by Gasteiger charge is -2.17. The first-order valence-corrected chi connectivity index (χ1v) is 6.79. The number of amides is 1. The molecular formula is C14H20N4O2. The number of hydrogen-bond donors (Lipinski definition) is 4. The molecule has 0 fully saturated rings. The van der Waals surface area contributed by atoms with Gasteiger partial charge in [-0.1, -0.05) is 19.4 Å². The Morgan fingerprint density at radius 1 is 1.35 bits per heavy atom. The molecule has 2 unspecified atom stereocenters. The van der Waals surface area contributed by atoms with E-state index >= 15 is 0 Å². The number of aromatic amines is 2. The normalized spacial score (nSPS) is 14.2. The fourth-order valence-electron chi connectivity index (χ4n) is 2.17. The highest BCUT2D eigenvalue weighted by Crippen LogP contribution is 2.17. The second-order valence-electron chi connectivity index (χ2n) is 5.01. The number of imidazole rings is 1. The van der Waals surface area contributed by atoms with Gasteiger partial charge < -0.3 is 21.0 Å². The third kappa shape index (κ3) is 3.08. The molecule has 0 saturated carbocycles. The van der Waals surface area contributed by atoms with Crippen molar-refractivity contribution in [2.24, 2.45) is 5.73 Å². The van der Waals surface area contributed by atoms with Gasteiger partial charge in [-0.2, -0.15) is 0 Å². The van der Waals surface area contributed by atoms with Crippen molar-refractivity contribution >= 4 is 16.9 Å². The zero-order chi connectivity index (χ0) is 14.7. The minimum atomic E-state index is -0.474. The number of hydrogen-bond acceptors (Lipinski definition) is 3. The van der Waals surface area contributed by atoms with Gasteiger partial charge in [0.05, 0.1) is 23.1 Å². The summed E-state index contributed by atoms with van der Waals surface area (Å²) in [5.41, 5.74) is 7.95. The van der Waals surface area contributed by atoms with Crippen LogP contribution in [0.4, 0.5) is 0 Å². The van der Waals surface area contributed by atoms with Gasteiger partial charge >= 0.3 is 5.69 Å². The number of aromatic nitrogens is 2. The lowest BCUT2D eigenvalue weighted by Crippen LogP contribution is -2.41. The molecule has 2 atom stereocenters. The number of fused-ring (bicyclic) bond motifs is 1. The Bertz CT molecular complexity index is 658. The molecule has 0 aliphatic heterocycles. The molecule has 1 heterocycles. The van der Waals surface area contributed by atoms with Crippen molar-refractivity contribution in [3.05, 3.63) is 34.2 Å². The van der Waals surface area contributed by atoms with E-state index in [1.807, 2.05) is 32.0 Å². The number of benzene rings is 1. The van der Waals surface area contributed by atoms with Gasteiger partial charge in [0.15, 0.2) is 0 Å². The van der Waals surface area contributed by atoms with E-state index in [0.717, 1.165) is 23.0 Å². The molecule has 0 aliphatic rings. The van der Waals surface area contributed by atoms with Crippen LogP contribution in [-0.4, -0.2) is 21.9 Å². The molecule has 6 heteroatoms. The fourth-order valence-corrected chi connectivity index (χ4v) is 2.17. The Morgan fingerprint density at radius 3 is 2.75 bits per heavy atom. The van der Waals surface area contributed by atoms with Gasteiger partial charge in [0, 0.05) is 0 Å². The summed E-state index contributed by atoms with van der Waals surface area (Å²) in [6, 6.07) is 4.91. The van der Waals surface area contributed by atoms with E-state index in [9.17, 15) is 9.59 Å². The minimum Gasteiger partial charge on any atom is -0.348 e. The largest absolute Gasteiger partial charge is 0.348 e. The molecule has 2 aromatic rings. The molecule has 1 amide bonds. The van der Waals surface area contributed by atoms with Crippen LogP contribution in [0, 0.1) is 0 Å². The molecule has 0 spiro atoms. The van der Waals surface area contributed by atoms with E-state index in [0.29, 0.717) is 6.42 Å². The number of H-pyrrole nitrogens is 2. The molecule has 1 aromatic heterocycles. The summed E-state index contributed by atoms with van der Waals surface area (Å²) < 4.78 is 0. The van der Waals surface area contributed by atoms with Crippen LogP contribution in [0.15, 0.2) is 23.0 Å². The quantitative estimate of drug-likeness (QED) is 0.658. The van der Waals surface area contributed by atoms with Crippen LogP contribution in [0.5, 0.6) is 0 Å². The number of nitrogens with one attached hydrogen (secondary N) is 3. The monoisotopic (exact) mass is 276 g/mol. The summed E-state index contributed by atoms with van der Waals surface area (Å²) in [5.74, 6) is -0.151. The molecule has 0 aliphatic carbocycles. The molecule has 0 saturated heterocycles. The first kappa shape index (κ1) is 14.3. The summed E-state index contributed by atoms with van der Waals surface area (Å²) in [6.07, 6.45) is 1.54. The van der Waals surface area contributed by atoms with Gasteiger partial charge in [-0.05, 0) is 31.0 Å². The molecular weight excluding hydrogens is 256 g/mol. The highest BCUT2D eigenvalue weighted by atomic mass is 16.2. The van der Waals surface area contributed by atoms with E-state index in [1.54, 1.807) is 0 Å². The lowest BCUT2D eigenvalue weighted by atomic mass is 10.1. The SMILES string of the molecule is CCCC(N)C(=O)NC(C)c1ccc2[nH]c(=O)[nH]c2c1. The summed E-state index contributed by atoms with van der Waals surface area (Å²) in [7, 11) is 0. The van der Waals surface area contributed by atoms with Gasteiger partial charge in [0.1, 0.15) is 0 Å². The van der Waals surface area contributed by atoms with Crippen LogP contribution in [0.25, 0.3) is 11.0 Å². The van der Waals surface area contributed by atoms with Gasteiger partial charge in [-0.15, -0.1) is 0 Å². The highest BCUT2D eigenvalue weighted by Gasteiger charge is 2.16.